The molecule has 1 N–H and O–H groups in total. The Labute approximate surface area is 134 Å². The first-order valence-electron chi connectivity index (χ1n) is 9.66. The normalized spacial score (nSPS) is 13.1. The summed E-state index contributed by atoms with van der Waals surface area (Å²) in [6, 6.07) is 0. The van der Waals surface area contributed by atoms with Crippen LogP contribution < -0.4 is 0 Å². The molecule has 0 spiro atoms. The van der Waals surface area contributed by atoms with Crippen LogP contribution >= 0.6 is 0 Å². The maximum Gasteiger partial charge on any atom is 0.0720 e. The Kier molecular flexibility index (Phi) is 17.5. The molecule has 0 aromatic carbocycles. The van der Waals surface area contributed by atoms with Crippen molar-refractivity contribution >= 4 is 0 Å². The van der Waals surface area contributed by atoms with Crippen LogP contribution in [-0.2, 0) is 0 Å². The van der Waals surface area contributed by atoms with E-state index in [0.29, 0.717) is 0 Å². The third-order valence-corrected chi connectivity index (χ3v) is 4.19. The monoisotopic (exact) mass is 296 g/mol. The number of allylic oxidation sites excluding steroid dienone is 1. The molecule has 0 aliphatic rings. The Hall–Kier alpha value is -0.300. The zero-order valence-corrected chi connectivity index (χ0v) is 14.8. The van der Waals surface area contributed by atoms with Crippen molar-refractivity contribution < 1.29 is 5.11 Å². The molecule has 21 heavy (non-hydrogen) atoms. The molecule has 0 aliphatic carbocycles. The quantitative estimate of drug-likeness (QED) is 0.245. The van der Waals surface area contributed by atoms with E-state index in [-0.39, 0.29) is 6.10 Å². The number of unbranched alkanes of at least 4 members (excludes halogenated alkanes) is 12. The Morgan fingerprint density at radius 2 is 1.14 bits per heavy atom. The highest BCUT2D eigenvalue weighted by molar-refractivity contribution is 4.88. The third kappa shape index (κ3) is 17.6. The highest BCUT2D eigenvalue weighted by Gasteiger charge is 1.98. The number of rotatable bonds is 16. The molecule has 0 aliphatic heterocycles. The predicted molar refractivity (Wildman–Crippen MR) is 95.7 cm³/mol. The smallest absolute Gasteiger partial charge is 0.0720 e. The van der Waals surface area contributed by atoms with E-state index in [1.54, 1.807) is 0 Å². The van der Waals surface area contributed by atoms with E-state index >= 15 is 0 Å². The van der Waals surface area contributed by atoms with E-state index < -0.39 is 0 Å². The molecule has 1 heteroatoms. The summed E-state index contributed by atoms with van der Waals surface area (Å²) in [7, 11) is 0. The summed E-state index contributed by atoms with van der Waals surface area (Å²) in [5, 5.41) is 9.88. The van der Waals surface area contributed by atoms with E-state index in [0.717, 1.165) is 12.8 Å². The summed E-state index contributed by atoms with van der Waals surface area (Å²) < 4.78 is 0. The van der Waals surface area contributed by atoms with Crippen molar-refractivity contribution in [2.75, 3.05) is 0 Å². The second-order valence-corrected chi connectivity index (χ2v) is 6.46. The molecule has 0 saturated carbocycles. The van der Waals surface area contributed by atoms with Gasteiger partial charge >= 0.3 is 0 Å². The molecular weight excluding hydrogens is 256 g/mol. The van der Waals surface area contributed by atoms with Gasteiger partial charge in [-0.15, -0.1) is 0 Å². The maximum atomic E-state index is 9.88. The van der Waals surface area contributed by atoms with Crippen LogP contribution in [0.4, 0.5) is 0 Å². The zero-order chi connectivity index (χ0) is 15.6. The van der Waals surface area contributed by atoms with Crippen LogP contribution in [0.5, 0.6) is 0 Å². The predicted octanol–water partition coefficient (Wildman–Crippen LogP) is 6.79. The van der Waals surface area contributed by atoms with Gasteiger partial charge in [-0.2, -0.15) is 0 Å². The largest absolute Gasteiger partial charge is 0.389 e. The van der Waals surface area contributed by atoms with Gasteiger partial charge in [0.15, 0.2) is 0 Å². The van der Waals surface area contributed by atoms with Crippen molar-refractivity contribution in [3.05, 3.63) is 12.2 Å². The standard InChI is InChI=1S/C20H40O/c1-3-5-7-9-11-13-15-17-19-20(21)18-16-14-12-10-8-6-4-2/h17,19-21H,3-16,18H2,1-2H3/b19-17+. The van der Waals surface area contributed by atoms with Crippen molar-refractivity contribution in [1.29, 1.82) is 0 Å². The van der Waals surface area contributed by atoms with Crippen molar-refractivity contribution in [2.45, 2.75) is 116 Å². The average Bonchev–Trinajstić information content (AvgIpc) is 2.49. The van der Waals surface area contributed by atoms with Crippen molar-refractivity contribution in [3.8, 4) is 0 Å². The third-order valence-electron chi connectivity index (χ3n) is 4.19. The lowest BCUT2D eigenvalue weighted by Crippen LogP contribution is -2.01. The summed E-state index contributed by atoms with van der Waals surface area (Å²) >= 11 is 0. The molecular formula is C20H40O. The molecule has 0 saturated heterocycles. The first kappa shape index (κ1) is 20.7. The fourth-order valence-electron chi connectivity index (χ4n) is 2.70. The van der Waals surface area contributed by atoms with Crippen molar-refractivity contribution in [1.82, 2.24) is 0 Å². The van der Waals surface area contributed by atoms with E-state index in [1.165, 1.54) is 83.5 Å². The molecule has 0 fully saturated rings. The van der Waals surface area contributed by atoms with E-state index in [1.807, 2.05) is 6.08 Å². The molecule has 1 nitrogen and oxygen atoms in total. The fourth-order valence-corrected chi connectivity index (χ4v) is 2.70. The first-order chi connectivity index (χ1) is 10.3. The summed E-state index contributed by atoms with van der Waals surface area (Å²) in [5.74, 6) is 0. The topological polar surface area (TPSA) is 20.2 Å². The van der Waals surface area contributed by atoms with Gasteiger partial charge < -0.3 is 5.11 Å². The minimum atomic E-state index is -0.208. The van der Waals surface area contributed by atoms with Gasteiger partial charge in [0.25, 0.3) is 0 Å². The van der Waals surface area contributed by atoms with Gasteiger partial charge in [-0.05, 0) is 19.3 Å². The Balaban J connectivity index is 3.24. The minimum Gasteiger partial charge on any atom is -0.389 e. The molecule has 1 atom stereocenters. The Morgan fingerprint density at radius 3 is 1.71 bits per heavy atom. The summed E-state index contributed by atoms with van der Waals surface area (Å²) in [6.07, 6.45) is 23.4. The lowest BCUT2D eigenvalue weighted by molar-refractivity contribution is 0.207. The van der Waals surface area contributed by atoms with E-state index in [2.05, 4.69) is 19.9 Å². The molecule has 0 aromatic rings. The Bertz CT molecular complexity index is 210. The van der Waals surface area contributed by atoms with Crippen LogP contribution in [-0.4, -0.2) is 11.2 Å². The highest BCUT2D eigenvalue weighted by Crippen LogP contribution is 2.11. The van der Waals surface area contributed by atoms with Crippen LogP contribution in [0.1, 0.15) is 110 Å². The molecule has 1 unspecified atom stereocenters. The first-order valence-corrected chi connectivity index (χ1v) is 9.66. The molecule has 126 valence electrons. The minimum absolute atomic E-state index is 0.208. The molecule has 0 radical (unpaired) electrons. The van der Waals surface area contributed by atoms with Crippen LogP contribution in [0, 0.1) is 0 Å². The molecule has 0 heterocycles. The van der Waals surface area contributed by atoms with Crippen LogP contribution in [0.3, 0.4) is 0 Å². The van der Waals surface area contributed by atoms with Crippen LogP contribution in [0.25, 0.3) is 0 Å². The molecule has 0 bridgehead atoms. The van der Waals surface area contributed by atoms with Gasteiger partial charge in [0, 0.05) is 0 Å². The van der Waals surface area contributed by atoms with Gasteiger partial charge in [-0.1, -0.05) is 103 Å². The second kappa shape index (κ2) is 17.8. The van der Waals surface area contributed by atoms with Gasteiger partial charge in [0.2, 0.25) is 0 Å². The van der Waals surface area contributed by atoms with Crippen molar-refractivity contribution in [2.24, 2.45) is 0 Å². The SMILES string of the molecule is CCCCCCCC/C=C/C(O)CCCCCCCCC. The van der Waals surface area contributed by atoms with E-state index in [9.17, 15) is 5.11 Å². The number of aliphatic hydroxyl groups is 1. The molecule has 0 aromatic heterocycles. The van der Waals surface area contributed by atoms with Gasteiger partial charge in [-0.25, -0.2) is 0 Å². The van der Waals surface area contributed by atoms with E-state index in [4.69, 9.17) is 0 Å². The average molecular weight is 297 g/mol. The molecule has 0 rings (SSSR count). The maximum absolute atomic E-state index is 9.88. The van der Waals surface area contributed by atoms with Crippen molar-refractivity contribution in [3.63, 3.8) is 0 Å². The fraction of sp³-hybridized carbons (Fsp3) is 0.900. The number of aliphatic hydroxyl groups excluding tert-OH is 1. The summed E-state index contributed by atoms with van der Waals surface area (Å²) in [6.45, 7) is 4.52. The number of hydrogen-bond donors (Lipinski definition) is 1. The number of hydrogen-bond acceptors (Lipinski definition) is 1. The van der Waals surface area contributed by atoms with Gasteiger partial charge in [0.05, 0.1) is 6.10 Å². The van der Waals surface area contributed by atoms with Crippen LogP contribution in [0.15, 0.2) is 12.2 Å². The Morgan fingerprint density at radius 1 is 0.667 bits per heavy atom. The van der Waals surface area contributed by atoms with Crippen LogP contribution in [0.2, 0.25) is 0 Å². The highest BCUT2D eigenvalue weighted by atomic mass is 16.3. The molecule has 0 amide bonds. The summed E-state index contributed by atoms with van der Waals surface area (Å²) in [4.78, 5) is 0. The van der Waals surface area contributed by atoms with Gasteiger partial charge in [-0.3, -0.25) is 0 Å². The van der Waals surface area contributed by atoms with Gasteiger partial charge in [0.1, 0.15) is 0 Å². The second-order valence-electron chi connectivity index (χ2n) is 6.46. The summed E-state index contributed by atoms with van der Waals surface area (Å²) in [5.41, 5.74) is 0. The lowest BCUT2D eigenvalue weighted by Gasteiger charge is -2.05. The lowest BCUT2D eigenvalue weighted by atomic mass is 10.1. The zero-order valence-electron chi connectivity index (χ0n) is 14.8.